The van der Waals surface area contributed by atoms with Gasteiger partial charge in [0.2, 0.25) is 0 Å². The third-order valence-electron chi connectivity index (χ3n) is 2.93. The van der Waals surface area contributed by atoms with Crippen LogP contribution in [0, 0.1) is 10.1 Å². The lowest BCUT2D eigenvalue weighted by atomic mass is 10.2. The summed E-state index contributed by atoms with van der Waals surface area (Å²) in [5.41, 5.74) is 0.411. The van der Waals surface area contributed by atoms with Crippen LogP contribution in [0.4, 0.5) is 5.69 Å². The van der Waals surface area contributed by atoms with Crippen molar-refractivity contribution in [2.75, 3.05) is 7.11 Å². The topological polar surface area (TPSA) is 74.1 Å². The van der Waals surface area contributed by atoms with Gasteiger partial charge in [-0.15, -0.1) is 0 Å². The predicted octanol–water partition coefficient (Wildman–Crippen LogP) is 2.22. The second-order valence-corrected chi connectivity index (χ2v) is 4.58. The van der Waals surface area contributed by atoms with E-state index in [0.29, 0.717) is 0 Å². The molecule has 1 heterocycles. The van der Waals surface area contributed by atoms with Crippen LogP contribution in [-0.4, -0.2) is 23.6 Å². The number of nitro benzene ring substituents is 1. The molecule has 0 aromatic heterocycles. The van der Waals surface area contributed by atoms with Gasteiger partial charge >= 0.3 is 5.97 Å². The van der Waals surface area contributed by atoms with E-state index in [-0.39, 0.29) is 12.3 Å². The Labute approximate surface area is 105 Å². The number of methoxy groups -OCH3 is 1. The van der Waals surface area contributed by atoms with Crippen LogP contribution in [0.15, 0.2) is 24.3 Å². The molecule has 0 bridgehead atoms. The molecule has 1 aromatic carbocycles. The molecule has 1 unspecified atom stereocenters. The molecule has 6 nitrogen and oxygen atoms in total. The number of hydrogen-bond acceptors (Lipinski definition) is 5. The molecule has 0 amide bonds. The van der Waals surface area contributed by atoms with E-state index < -0.39 is 16.5 Å². The minimum absolute atomic E-state index is 0.0585. The van der Waals surface area contributed by atoms with Gasteiger partial charge in [-0.2, -0.15) is 0 Å². The lowest BCUT2D eigenvalue weighted by Crippen LogP contribution is -2.26. The summed E-state index contributed by atoms with van der Waals surface area (Å²) in [4.78, 5) is 10.1. The van der Waals surface area contributed by atoms with Gasteiger partial charge in [-0.3, -0.25) is 10.1 Å². The molecule has 1 aliphatic heterocycles. The zero-order chi connectivity index (χ0) is 13.4. The number of ether oxygens (including phenoxy) is 3. The number of epoxide rings is 1. The van der Waals surface area contributed by atoms with Crippen molar-refractivity contribution in [3.8, 4) is 0 Å². The molecule has 1 aromatic rings. The highest BCUT2D eigenvalue weighted by atomic mass is 17.0. The molecule has 6 heteroatoms. The highest BCUT2D eigenvalue weighted by Crippen LogP contribution is 2.49. The maximum atomic E-state index is 10.5. The quantitative estimate of drug-likeness (QED) is 0.348. The van der Waals surface area contributed by atoms with Crippen molar-refractivity contribution in [1.82, 2.24) is 0 Å². The molecule has 0 aliphatic carbocycles. The van der Waals surface area contributed by atoms with Crippen molar-refractivity contribution in [3.63, 3.8) is 0 Å². The van der Waals surface area contributed by atoms with Gasteiger partial charge < -0.3 is 14.2 Å². The number of non-ortho nitro benzene ring substituents is 1. The second kappa shape index (κ2) is 4.31. The zero-order valence-electron chi connectivity index (χ0n) is 10.5. The van der Waals surface area contributed by atoms with E-state index >= 15 is 0 Å². The van der Waals surface area contributed by atoms with Crippen LogP contribution < -0.4 is 0 Å². The van der Waals surface area contributed by atoms with E-state index in [9.17, 15) is 10.1 Å². The van der Waals surface area contributed by atoms with Gasteiger partial charge in [0.25, 0.3) is 5.69 Å². The summed E-state index contributed by atoms with van der Waals surface area (Å²) in [6.07, 6.45) is 0. The van der Waals surface area contributed by atoms with E-state index in [1.54, 1.807) is 12.1 Å². The Morgan fingerprint density at radius 1 is 1.33 bits per heavy atom. The first kappa shape index (κ1) is 12.9. The third kappa shape index (κ3) is 2.22. The van der Waals surface area contributed by atoms with Crippen LogP contribution in [-0.2, 0) is 20.8 Å². The van der Waals surface area contributed by atoms with E-state index in [1.165, 1.54) is 19.2 Å². The fourth-order valence-electron chi connectivity index (χ4n) is 1.75. The highest BCUT2D eigenvalue weighted by molar-refractivity contribution is 5.32. The van der Waals surface area contributed by atoms with Crippen LogP contribution in [0.2, 0.25) is 0 Å². The van der Waals surface area contributed by atoms with Crippen molar-refractivity contribution in [3.05, 3.63) is 39.9 Å². The molecule has 1 atom stereocenters. The van der Waals surface area contributed by atoms with E-state index in [4.69, 9.17) is 14.2 Å². The number of hydrogen-bond donors (Lipinski definition) is 0. The summed E-state index contributed by atoms with van der Waals surface area (Å²) >= 11 is 0. The van der Waals surface area contributed by atoms with E-state index in [0.717, 1.165) is 5.56 Å². The lowest BCUT2D eigenvalue weighted by Gasteiger charge is -2.13. The molecule has 18 heavy (non-hydrogen) atoms. The SMILES string of the molecule is COC1(OCc2ccc([N+](=O)[O-])cc2)OC1(C)C. The fourth-order valence-corrected chi connectivity index (χ4v) is 1.75. The van der Waals surface area contributed by atoms with Gasteiger partial charge in [0, 0.05) is 19.2 Å². The molecule has 98 valence electrons. The number of rotatable bonds is 5. The molecule has 1 saturated heterocycles. The molecule has 1 fully saturated rings. The summed E-state index contributed by atoms with van der Waals surface area (Å²) in [5, 5.41) is 10.5. The van der Waals surface area contributed by atoms with Crippen LogP contribution in [0.5, 0.6) is 0 Å². The van der Waals surface area contributed by atoms with Gasteiger partial charge in [-0.1, -0.05) is 0 Å². The minimum atomic E-state index is -1.01. The van der Waals surface area contributed by atoms with E-state index in [2.05, 4.69) is 0 Å². The minimum Gasteiger partial charge on any atom is -0.329 e. The Morgan fingerprint density at radius 2 is 1.89 bits per heavy atom. The first-order chi connectivity index (χ1) is 8.40. The Hall–Kier alpha value is -1.50. The second-order valence-electron chi connectivity index (χ2n) is 4.58. The Morgan fingerprint density at radius 3 is 2.28 bits per heavy atom. The van der Waals surface area contributed by atoms with Crippen molar-refractivity contribution in [2.45, 2.75) is 32.0 Å². The maximum absolute atomic E-state index is 10.5. The lowest BCUT2D eigenvalue weighted by molar-refractivity contribution is -0.384. The molecule has 0 saturated carbocycles. The van der Waals surface area contributed by atoms with Crippen molar-refractivity contribution < 1.29 is 19.1 Å². The van der Waals surface area contributed by atoms with Gasteiger partial charge in [0.05, 0.1) is 11.5 Å². The Balaban J connectivity index is 1.97. The van der Waals surface area contributed by atoms with Gasteiger partial charge in [-0.05, 0) is 31.5 Å². The summed E-state index contributed by atoms with van der Waals surface area (Å²) in [6, 6.07) is 6.18. The van der Waals surface area contributed by atoms with Crippen molar-refractivity contribution in [1.29, 1.82) is 0 Å². The Kier molecular flexibility index (Phi) is 3.10. The maximum Gasteiger partial charge on any atom is 0.314 e. The number of nitrogens with zero attached hydrogens (tertiary/aromatic N) is 1. The molecule has 0 radical (unpaired) electrons. The third-order valence-corrected chi connectivity index (χ3v) is 2.93. The van der Waals surface area contributed by atoms with Gasteiger partial charge in [0.1, 0.15) is 5.60 Å². The predicted molar refractivity (Wildman–Crippen MR) is 62.8 cm³/mol. The Bertz CT molecular complexity index is 456. The number of benzene rings is 1. The molecule has 0 N–H and O–H groups in total. The molecule has 1 aliphatic rings. The van der Waals surface area contributed by atoms with Crippen molar-refractivity contribution >= 4 is 5.69 Å². The van der Waals surface area contributed by atoms with Gasteiger partial charge in [-0.25, -0.2) is 0 Å². The normalized spacial score (nSPS) is 24.8. The first-order valence-corrected chi connectivity index (χ1v) is 5.53. The van der Waals surface area contributed by atoms with Gasteiger partial charge in [0.15, 0.2) is 0 Å². The van der Waals surface area contributed by atoms with Crippen LogP contribution in [0.3, 0.4) is 0 Å². The standard InChI is InChI=1S/C12H15NO5/c1-11(2)12(16-3,18-11)17-8-9-4-6-10(7-5-9)13(14)15/h4-7H,8H2,1-3H3. The summed E-state index contributed by atoms with van der Waals surface area (Å²) < 4.78 is 16.1. The molecular weight excluding hydrogens is 238 g/mol. The smallest absolute Gasteiger partial charge is 0.314 e. The van der Waals surface area contributed by atoms with E-state index in [1.807, 2.05) is 13.8 Å². The highest BCUT2D eigenvalue weighted by Gasteiger charge is 2.67. The average Bonchev–Trinajstić information content (AvgIpc) is 2.90. The van der Waals surface area contributed by atoms with Crippen LogP contribution >= 0.6 is 0 Å². The molecular formula is C12H15NO5. The average molecular weight is 253 g/mol. The van der Waals surface area contributed by atoms with Crippen LogP contribution in [0.1, 0.15) is 19.4 Å². The number of nitro groups is 1. The monoisotopic (exact) mass is 253 g/mol. The first-order valence-electron chi connectivity index (χ1n) is 5.53. The largest absolute Gasteiger partial charge is 0.329 e. The summed E-state index contributed by atoms with van der Waals surface area (Å²) in [7, 11) is 1.52. The van der Waals surface area contributed by atoms with Crippen molar-refractivity contribution in [2.24, 2.45) is 0 Å². The summed E-state index contributed by atoms with van der Waals surface area (Å²) in [5.74, 6) is -1.01. The fraction of sp³-hybridized carbons (Fsp3) is 0.500. The zero-order valence-corrected chi connectivity index (χ0v) is 10.5. The van der Waals surface area contributed by atoms with Crippen LogP contribution in [0.25, 0.3) is 0 Å². The molecule has 2 rings (SSSR count). The molecule has 0 spiro atoms. The summed E-state index contributed by atoms with van der Waals surface area (Å²) in [6.45, 7) is 4.01.